The van der Waals surface area contributed by atoms with Gasteiger partial charge in [0.15, 0.2) is 0 Å². The molecule has 1 aliphatic heterocycles. The lowest BCUT2D eigenvalue weighted by atomic mass is 9.87. The minimum atomic E-state index is -0.905. The summed E-state index contributed by atoms with van der Waals surface area (Å²) < 4.78 is 5.25. The minimum absolute atomic E-state index is 0.372. The van der Waals surface area contributed by atoms with Crippen molar-refractivity contribution in [2.75, 3.05) is 13.2 Å². The van der Waals surface area contributed by atoms with Crippen molar-refractivity contribution in [2.24, 2.45) is 5.73 Å². The number of aromatic carboxylic acids is 1. The number of carboxylic acids is 1. The van der Waals surface area contributed by atoms with E-state index in [-0.39, 0.29) is 0 Å². The molecule has 0 amide bonds. The number of carboxylic acid groups (broad SMARTS) is 1. The van der Waals surface area contributed by atoms with Crippen molar-refractivity contribution in [1.29, 1.82) is 0 Å². The number of pyridine rings is 1. The van der Waals surface area contributed by atoms with Crippen LogP contribution >= 0.6 is 0 Å². The number of H-pyrrole nitrogens is 1. The van der Waals surface area contributed by atoms with E-state index in [2.05, 4.69) is 35.1 Å². The van der Waals surface area contributed by atoms with E-state index in [4.69, 9.17) is 10.5 Å². The third-order valence-corrected chi connectivity index (χ3v) is 5.92. The van der Waals surface area contributed by atoms with Crippen LogP contribution < -0.4 is 5.73 Å². The van der Waals surface area contributed by atoms with Gasteiger partial charge in [-0.05, 0) is 43.0 Å². The summed E-state index contributed by atoms with van der Waals surface area (Å²) in [6.07, 6.45) is 3.84. The fourth-order valence-electron chi connectivity index (χ4n) is 4.42. The Balaban J connectivity index is 1.63. The van der Waals surface area contributed by atoms with Gasteiger partial charge in [0.1, 0.15) is 0 Å². The van der Waals surface area contributed by atoms with Crippen LogP contribution in [0.1, 0.15) is 32.7 Å². The number of nitrogens with two attached hydrogens (primary N) is 1. The number of aromatic nitrogens is 2. The molecule has 3 aromatic rings. The molecule has 0 bridgehead atoms. The van der Waals surface area contributed by atoms with E-state index in [1.165, 1.54) is 5.56 Å². The highest BCUT2D eigenvalue weighted by atomic mass is 16.5. The third kappa shape index (κ3) is 3.05. The predicted octanol–water partition coefficient (Wildman–Crippen LogP) is 3.12. The van der Waals surface area contributed by atoms with Gasteiger partial charge in [-0.25, -0.2) is 4.79 Å². The summed E-state index contributed by atoms with van der Waals surface area (Å²) in [6, 6.07) is 10.3. The first kappa shape index (κ1) is 18.1. The number of nitrogens with zero attached hydrogens (tertiary/aromatic N) is 1. The van der Waals surface area contributed by atoms with Gasteiger partial charge in [0.2, 0.25) is 0 Å². The Morgan fingerprint density at radius 1 is 1.31 bits per heavy atom. The molecule has 0 radical (unpaired) electrons. The monoisotopic (exact) mass is 389 g/mol. The fourth-order valence-corrected chi connectivity index (χ4v) is 4.42. The Labute approximate surface area is 168 Å². The molecular weight excluding hydrogens is 366 g/mol. The molecule has 1 saturated heterocycles. The normalized spacial score (nSPS) is 16.6. The van der Waals surface area contributed by atoms with Crippen LogP contribution in [0.15, 0.2) is 36.5 Å². The van der Waals surface area contributed by atoms with E-state index in [1.54, 1.807) is 0 Å². The molecule has 0 saturated carbocycles. The number of benzene rings is 1. The van der Waals surface area contributed by atoms with E-state index in [0.29, 0.717) is 37.3 Å². The number of hydrogen-bond acceptors (Lipinski definition) is 4. The first-order valence-electron chi connectivity index (χ1n) is 9.83. The van der Waals surface area contributed by atoms with Crippen LogP contribution in [0, 0.1) is 6.92 Å². The summed E-state index contributed by atoms with van der Waals surface area (Å²) in [7, 11) is 0. The van der Waals surface area contributed by atoms with Crippen LogP contribution in [-0.2, 0) is 24.0 Å². The molecule has 6 heteroatoms. The standard InChI is InChI=1S/C23H23N3O3/c1-13-3-2-4-14(7-13)18-8-17-15(10-25-18)5-6-16-20(22(27)28)19(26-21(16)17)9-23(24)11-29-12-23/h2-4,7-8,10,26H,5-6,9,11-12,24H2,1H3,(H,27,28). The molecule has 2 aromatic heterocycles. The molecule has 1 aromatic carbocycles. The molecule has 3 heterocycles. The van der Waals surface area contributed by atoms with E-state index in [0.717, 1.165) is 40.1 Å². The van der Waals surface area contributed by atoms with Gasteiger partial charge in [-0.2, -0.15) is 0 Å². The van der Waals surface area contributed by atoms with E-state index >= 15 is 0 Å². The number of aromatic amines is 1. The number of carbonyl (C=O) groups is 1. The number of nitrogens with one attached hydrogen (secondary N) is 1. The SMILES string of the molecule is Cc1cccc(-c2cc3c(cn2)CCc2c-3[nH]c(CC3(N)COC3)c2C(=O)O)c1. The zero-order chi connectivity index (χ0) is 20.2. The van der Waals surface area contributed by atoms with Crippen LogP contribution in [0.3, 0.4) is 0 Å². The average Bonchev–Trinajstić information content (AvgIpc) is 3.04. The van der Waals surface area contributed by atoms with Crippen molar-refractivity contribution in [3.8, 4) is 22.5 Å². The second-order valence-electron chi connectivity index (χ2n) is 8.27. The lowest BCUT2D eigenvalue weighted by Gasteiger charge is -2.37. The molecule has 5 rings (SSSR count). The second kappa shape index (κ2) is 6.54. The third-order valence-electron chi connectivity index (χ3n) is 5.92. The summed E-state index contributed by atoms with van der Waals surface area (Å²) in [6.45, 7) is 2.96. The molecule has 148 valence electrons. The predicted molar refractivity (Wildman–Crippen MR) is 110 cm³/mol. The summed E-state index contributed by atoms with van der Waals surface area (Å²) in [5, 5.41) is 9.90. The first-order chi connectivity index (χ1) is 13.9. The Morgan fingerprint density at radius 2 is 2.14 bits per heavy atom. The van der Waals surface area contributed by atoms with Crippen LogP contribution in [0.25, 0.3) is 22.5 Å². The minimum Gasteiger partial charge on any atom is -0.478 e. The molecular formula is C23H23N3O3. The van der Waals surface area contributed by atoms with Crippen molar-refractivity contribution < 1.29 is 14.6 Å². The van der Waals surface area contributed by atoms with Gasteiger partial charge in [-0.3, -0.25) is 4.98 Å². The largest absolute Gasteiger partial charge is 0.478 e. The van der Waals surface area contributed by atoms with Crippen molar-refractivity contribution in [2.45, 2.75) is 31.7 Å². The maximum atomic E-state index is 12.1. The van der Waals surface area contributed by atoms with E-state index in [9.17, 15) is 9.90 Å². The summed E-state index contributed by atoms with van der Waals surface area (Å²) in [4.78, 5) is 20.1. The molecule has 1 fully saturated rings. The molecule has 4 N–H and O–H groups in total. The van der Waals surface area contributed by atoms with Gasteiger partial charge in [0.25, 0.3) is 0 Å². The molecule has 1 aliphatic carbocycles. The Kier molecular flexibility index (Phi) is 4.08. The number of fused-ring (bicyclic) bond motifs is 3. The van der Waals surface area contributed by atoms with Crippen molar-refractivity contribution in [3.63, 3.8) is 0 Å². The Bertz CT molecular complexity index is 1130. The lowest BCUT2D eigenvalue weighted by molar-refractivity contribution is -0.0533. The van der Waals surface area contributed by atoms with Crippen LogP contribution in [0.5, 0.6) is 0 Å². The first-order valence-corrected chi connectivity index (χ1v) is 9.83. The van der Waals surface area contributed by atoms with Gasteiger partial charge >= 0.3 is 5.97 Å². The molecule has 6 nitrogen and oxygen atoms in total. The maximum absolute atomic E-state index is 12.1. The quantitative estimate of drug-likeness (QED) is 0.636. The fraction of sp³-hybridized carbons (Fsp3) is 0.304. The summed E-state index contributed by atoms with van der Waals surface area (Å²) >= 11 is 0. The zero-order valence-corrected chi connectivity index (χ0v) is 16.3. The smallest absolute Gasteiger partial charge is 0.337 e. The van der Waals surface area contributed by atoms with Gasteiger partial charge in [0, 0.05) is 29.4 Å². The molecule has 2 aliphatic rings. The van der Waals surface area contributed by atoms with Gasteiger partial charge in [-0.1, -0.05) is 23.8 Å². The lowest BCUT2D eigenvalue weighted by Crippen LogP contribution is -2.59. The highest BCUT2D eigenvalue weighted by Crippen LogP contribution is 2.39. The van der Waals surface area contributed by atoms with E-state index in [1.807, 2.05) is 18.3 Å². The van der Waals surface area contributed by atoms with Crippen molar-refractivity contribution in [3.05, 3.63) is 64.5 Å². The molecule has 0 unspecified atom stereocenters. The maximum Gasteiger partial charge on any atom is 0.337 e. The van der Waals surface area contributed by atoms with E-state index < -0.39 is 11.5 Å². The second-order valence-corrected chi connectivity index (χ2v) is 8.27. The average molecular weight is 389 g/mol. The molecule has 0 atom stereocenters. The number of rotatable bonds is 4. The van der Waals surface area contributed by atoms with Crippen LogP contribution in [-0.4, -0.2) is 39.8 Å². The highest BCUT2D eigenvalue weighted by molar-refractivity contribution is 5.95. The zero-order valence-electron chi connectivity index (χ0n) is 16.3. The summed E-state index contributed by atoms with van der Waals surface area (Å²) in [5.74, 6) is -0.905. The van der Waals surface area contributed by atoms with Gasteiger partial charge < -0.3 is 20.6 Å². The van der Waals surface area contributed by atoms with Crippen molar-refractivity contribution >= 4 is 5.97 Å². The molecule has 29 heavy (non-hydrogen) atoms. The summed E-state index contributed by atoms with van der Waals surface area (Å²) in [5.41, 5.74) is 13.9. The van der Waals surface area contributed by atoms with Gasteiger partial charge in [-0.15, -0.1) is 0 Å². The Hall–Kier alpha value is -2.96. The number of aryl methyl sites for hydroxylation is 2. The number of ether oxygens (including phenoxy) is 1. The van der Waals surface area contributed by atoms with Crippen LogP contribution in [0.2, 0.25) is 0 Å². The highest BCUT2D eigenvalue weighted by Gasteiger charge is 2.37. The number of hydrogen-bond donors (Lipinski definition) is 3. The van der Waals surface area contributed by atoms with Crippen LogP contribution in [0.4, 0.5) is 0 Å². The Morgan fingerprint density at radius 3 is 2.83 bits per heavy atom. The topological polar surface area (TPSA) is 101 Å². The molecule has 0 spiro atoms. The van der Waals surface area contributed by atoms with Crippen molar-refractivity contribution in [1.82, 2.24) is 9.97 Å². The van der Waals surface area contributed by atoms with Gasteiger partial charge in [0.05, 0.1) is 35.7 Å².